The standard InChI is InChI=1S/C18H17ClN2O2/c19-18(16(20)23,13-6-2-1-3-7-13)21-15-9-5-4-8-14(15)17(12-22)10-11-17/h1-9,12,21H,10-11H2,(H2,20,23). The zero-order chi connectivity index (χ0) is 16.5. The maximum atomic E-state index is 12.0. The molecule has 0 aromatic heterocycles. The molecule has 1 aliphatic rings. The lowest BCUT2D eigenvalue weighted by Crippen LogP contribution is -2.43. The molecule has 1 fully saturated rings. The first-order chi connectivity index (χ1) is 11.0. The number of nitrogens with one attached hydrogen (secondary N) is 1. The van der Waals surface area contributed by atoms with E-state index in [0.717, 1.165) is 24.7 Å². The van der Waals surface area contributed by atoms with Gasteiger partial charge in [0, 0.05) is 11.3 Å². The van der Waals surface area contributed by atoms with E-state index in [1.807, 2.05) is 30.3 Å². The lowest BCUT2D eigenvalue weighted by atomic mass is 9.94. The van der Waals surface area contributed by atoms with E-state index >= 15 is 0 Å². The normalized spacial score (nSPS) is 17.8. The van der Waals surface area contributed by atoms with Crippen molar-refractivity contribution in [3.05, 3.63) is 65.7 Å². The van der Waals surface area contributed by atoms with Gasteiger partial charge in [0.05, 0.1) is 5.41 Å². The Hall–Kier alpha value is -2.33. The number of nitrogens with two attached hydrogens (primary N) is 1. The molecule has 1 saturated carbocycles. The fourth-order valence-electron chi connectivity index (χ4n) is 2.74. The minimum atomic E-state index is -1.57. The Balaban J connectivity index is 2.03. The van der Waals surface area contributed by atoms with Gasteiger partial charge in [-0.3, -0.25) is 4.79 Å². The van der Waals surface area contributed by atoms with Crippen molar-refractivity contribution in [2.75, 3.05) is 5.32 Å². The van der Waals surface area contributed by atoms with Crippen LogP contribution in [-0.4, -0.2) is 12.2 Å². The molecule has 1 amide bonds. The van der Waals surface area contributed by atoms with Gasteiger partial charge in [-0.05, 0) is 24.5 Å². The van der Waals surface area contributed by atoms with Crippen LogP contribution in [0, 0.1) is 0 Å². The summed E-state index contributed by atoms with van der Waals surface area (Å²) >= 11 is 6.55. The van der Waals surface area contributed by atoms with Crippen LogP contribution in [0.2, 0.25) is 0 Å². The molecular formula is C18H17ClN2O2. The van der Waals surface area contributed by atoms with E-state index in [1.165, 1.54) is 0 Å². The van der Waals surface area contributed by atoms with Crippen LogP contribution in [0.3, 0.4) is 0 Å². The van der Waals surface area contributed by atoms with Crippen LogP contribution in [0.1, 0.15) is 24.0 Å². The Kier molecular flexibility index (Phi) is 3.86. The molecular weight excluding hydrogens is 312 g/mol. The van der Waals surface area contributed by atoms with Crippen molar-refractivity contribution in [2.45, 2.75) is 23.3 Å². The smallest absolute Gasteiger partial charge is 0.263 e. The Labute approximate surface area is 139 Å². The van der Waals surface area contributed by atoms with Crippen LogP contribution < -0.4 is 11.1 Å². The van der Waals surface area contributed by atoms with Crippen molar-refractivity contribution >= 4 is 29.5 Å². The zero-order valence-corrected chi connectivity index (χ0v) is 13.2. The van der Waals surface area contributed by atoms with Gasteiger partial charge in [-0.25, -0.2) is 0 Å². The van der Waals surface area contributed by atoms with Crippen LogP contribution >= 0.6 is 11.6 Å². The van der Waals surface area contributed by atoms with Gasteiger partial charge < -0.3 is 15.8 Å². The number of benzene rings is 2. The van der Waals surface area contributed by atoms with E-state index in [1.54, 1.807) is 24.3 Å². The van der Waals surface area contributed by atoms with Gasteiger partial charge in [0.2, 0.25) is 5.00 Å². The second-order valence-electron chi connectivity index (χ2n) is 5.83. The van der Waals surface area contributed by atoms with E-state index < -0.39 is 16.3 Å². The molecule has 0 spiro atoms. The van der Waals surface area contributed by atoms with E-state index in [0.29, 0.717) is 11.3 Å². The second kappa shape index (κ2) is 5.70. The largest absolute Gasteiger partial charge is 0.366 e. The molecule has 2 aromatic carbocycles. The molecule has 0 heterocycles. The minimum absolute atomic E-state index is 0.476. The highest BCUT2D eigenvalue weighted by Crippen LogP contribution is 2.49. The number of carbonyl (C=O) groups excluding carboxylic acids is 2. The van der Waals surface area contributed by atoms with E-state index in [4.69, 9.17) is 17.3 Å². The molecule has 3 rings (SSSR count). The lowest BCUT2D eigenvalue weighted by Gasteiger charge is -2.28. The van der Waals surface area contributed by atoms with Gasteiger partial charge in [0.25, 0.3) is 5.91 Å². The molecule has 5 heteroatoms. The van der Waals surface area contributed by atoms with E-state index in [-0.39, 0.29) is 0 Å². The Morgan fingerprint density at radius 1 is 1.13 bits per heavy atom. The fraction of sp³-hybridized carbons (Fsp3) is 0.222. The molecule has 0 saturated heterocycles. The average Bonchev–Trinajstić information content (AvgIpc) is 3.37. The first kappa shape index (κ1) is 15.6. The highest BCUT2D eigenvalue weighted by atomic mass is 35.5. The molecule has 0 bridgehead atoms. The minimum Gasteiger partial charge on any atom is -0.366 e. The molecule has 3 N–H and O–H groups in total. The quantitative estimate of drug-likeness (QED) is 0.486. The third-order valence-corrected chi connectivity index (χ3v) is 4.79. The number of primary amides is 1. The highest BCUT2D eigenvalue weighted by molar-refractivity contribution is 6.35. The Bertz CT molecular complexity index is 744. The summed E-state index contributed by atoms with van der Waals surface area (Å²) in [6, 6.07) is 16.3. The summed E-state index contributed by atoms with van der Waals surface area (Å²) < 4.78 is 0. The van der Waals surface area contributed by atoms with Gasteiger partial charge in [-0.1, -0.05) is 60.1 Å². The number of para-hydroxylation sites is 1. The van der Waals surface area contributed by atoms with Crippen LogP contribution in [-0.2, 0) is 20.0 Å². The molecule has 1 aliphatic carbocycles. The number of carbonyl (C=O) groups is 2. The highest BCUT2D eigenvalue weighted by Gasteiger charge is 2.47. The summed E-state index contributed by atoms with van der Waals surface area (Å²) in [5.41, 5.74) is 7.13. The monoisotopic (exact) mass is 328 g/mol. The third-order valence-electron chi connectivity index (χ3n) is 4.30. The van der Waals surface area contributed by atoms with Crippen LogP contribution in [0.25, 0.3) is 0 Å². The van der Waals surface area contributed by atoms with Crippen molar-refractivity contribution in [3.63, 3.8) is 0 Å². The van der Waals surface area contributed by atoms with Gasteiger partial charge >= 0.3 is 0 Å². The molecule has 2 aromatic rings. The van der Waals surface area contributed by atoms with Crippen LogP contribution in [0.4, 0.5) is 5.69 Å². The van der Waals surface area contributed by atoms with Crippen LogP contribution in [0.5, 0.6) is 0 Å². The van der Waals surface area contributed by atoms with Crippen LogP contribution in [0.15, 0.2) is 54.6 Å². The predicted molar refractivity (Wildman–Crippen MR) is 90.2 cm³/mol. The number of hydrogen-bond acceptors (Lipinski definition) is 3. The van der Waals surface area contributed by atoms with Crippen molar-refractivity contribution in [2.24, 2.45) is 5.73 Å². The zero-order valence-electron chi connectivity index (χ0n) is 12.5. The number of anilines is 1. The van der Waals surface area contributed by atoms with Crippen molar-refractivity contribution in [3.8, 4) is 0 Å². The molecule has 1 atom stereocenters. The first-order valence-corrected chi connectivity index (χ1v) is 7.78. The van der Waals surface area contributed by atoms with Gasteiger partial charge in [-0.2, -0.15) is 0 Å². The third kappa shape index (κ3) is 2.70. The number of amides is 1. The summed E-state index contributed by atoms with van der Waals surface area (Å²) in [4.78, 5) is 21.9. The van der Waals surface area contributed by atoms with E-state index in [2.05, 4.69) is 5.32 Å². The van der Waals surface area contributed by atoms with Crippen molar-refractivity contribution < 1.29 is 9.59 Å². The molecule has 4 nitrogen and oxygen atoms in total. The molecule has 23 heavy (non-hydrogen) atoms. The first-order valence-electron chi connectivity index (χ1n) is 7.40. The molecule has 0 radical (unpaired) electrons. The summed E-state index contributed by atoms with van der Waals surface area (Å²) in [6.07, 6.45) is 2.56. The van der Waals surface area contributed by atoms with E-state index in [9.17, 15) is 9.59 Å². The Morgan fingerprint density at radius 3 is 2.30 bits per heavy atom. The molecule has 1 unspecified atom stereocenters. The number of rotatable bonds is 6. The number of alkyl halides is 1. The van der Waals surface area contributed by atoms with Gasteiger partial charge in [0.1, 0.15) is 6.29 Å². The number of hydrogen-bond donors (Lipinski definition) is 2. The maximum Gasteiger partial charge on any atom is 0.263 e. The lowest BCUT2D eigenvalue weighted by molar-refractivity contribution is -0.120. The fourth-order valence-corrected chi connectivity index (χ4v) is 2.97. The molecule has 0 aliphatic heterocycles. The van der Waals surface area contributed by atoms with Crippen molar-refractivity contribution in [1.29, 1.82) is 0 Å². The predicted octanol–water partition coefficient (Wildman–Crippen LogP) is 2.91. The van der Waals surface area contributed by atoms with Crippen molar-refractivity contribution in [1.82, 2.24) is 0 Å². The summed E-state index contributed by atoms with van der Waals surface area (Å²) in [5, 5.41) is 3.05. The Morgan fingerprint density at radius 2 is 1.74 bits per heavy atom. The maximum absolute atomic E-state index is 12.0. The topological polar surface area (TPSA) is 72.2 Å². The number of halogens is 1. The number of aldehydes is 1. The van der Waals surface area contributed by atoms with Gasteiger partial charge in [0.15, 0.2) is 0 Å². The summed E-state index contributed by atoms with van der Waals surface area (Å²) in [5.74, 6) is -0.698. The van der Waals surface area contributed by atoms with Gasteiger partial charge in [-0.15, -0.1) is 0 Å². The second-order valence-corrected chi connectivity index (χ2v) is 6.40. The summed E-state index contributed by atoms with van der Waals surface area (Å²) in [7, 11) is 0. The summed E-state index contributed by atoms with van der Waals surface area (Å²) in [6.45, 7) is 0. The average molecular weight is 329 g/mol. The SMILES string of the molecule is NC(=O)C(Cl)(Nc1ccccc1C1(C=O)CC1)c1ccccc1. The molecule has 118 valence electrons.